The topological polar surface area (TPSA) is 38.4 Å². The van der Waals surface area contributed by atoms with Crippen LogP contribution < -0.4 is 5.73 Å². The first-order chi connectivity index (χ1) is 6.63. The Morgan fingerprint density at radius 2 is 1.80 bits per heavy atom. The van der Waals surface area contributed by atoms with Crippen molar-refractivity contribution in [3.05, 3.63) is 29.8 Å². The van der Waals surface area contributed by atoms with Crippen molar-refractivity contribution in [2.75, 3.05) is 6.26 Å². The van der Waals surface area contributed by atoms with Crippen molar-refractivity contribution >= 4 is 46.6 Å². The van der Waals surface area contributed by atoms with E-state index >= 15 is 0 Å². The normalized spacial score (nSPS) is 11.3. The molecule has 2 nitrogen and oxygen atoms in total. The lowest BCUT2D eigenvalue weighted by molar-refractivity contribution is 0.867. The Morgan fingerprint density at radius 1 is 1.27 bits per heavy atom. The van der Waals surface area contributed by atoms with Crippen molar-refractivity contribution in [2.45, 2.75) is 19.8 Å². The van der Waals surface area contributed by atoms with Gasteiger partial charge >= 0.3 is 0 Å². The number of hydrogen-bond donors (Lipinski definition) is 1. The van der Waals surface area contributed by atoms with Crippen molar-refractivity contribution in [2.24, 2.45) is 10.7 Å². The highest BCUT2D eigenvalue weighted by Gasteiger charge is 1.98. The van der Waals surface area contributed by atoms with Gasteiger partial charge in [-0.25, -0.2) is 4.99 Å². The average Bonchev–Trinajstić information content (AvgIpc) is 2.18. The molecule has 84 valence electrons. The van der Waals surface area contributed by atoms with Crippen molar-refractivity contribution in [1.82, 2.24) is 0 Å². The minimum Gasteiger partial charge on any atom is -0.378 e. The fraction of sp³-hybridized carbons (Fsp3) is 0.364. The van der Waals surface area contributed by atoms with Gasteiger partial charge in [0, 0.05) is 0 Å². The van der Waals surface area contributed by atoms with Gasteiger partial charge in [-0.15, -0.1) is 24.0 Å². The Labute approximate surface area is 113 Å². The van der Waals surface area contributed by atoms with Gasteiger partial charge < -0.3 is 5.73 Å². The summed E-state index contributed by atoms with van der Waals surface area (Å²) >= 11 is 1.46. The summed E-state index contributed by atoms with van der Waals surface area (Å²) in [7, 11) is 0. The maximum absolute atomic E-state index is 5.62. The monoisotopic (exact) mass is 336 g/mol. The first kappa shape index (κ1) is 14.8. The maximum atomic E-state index is 5.62. The van der Waals surface area contributed by atoms with Gasteiger partial charge in [0.1, 0.15) is 0 Å². The predicted octanol–water partition coefficient (Wildman–Crippen LogP) is 3.74. The van der Waals surface area contributed by atoms with E-state index in [-0.39, 0.29) is 24.0 Å². The Morgan fingerprint density at radius 3 is 2.20 bits per heavy atom. The van der Waals surface area contributed by atoms with Crippen LogP contribution in [0, 0.1) is 0 Å². The van der Waals surface area contributed by atoms with Gasteiger partial charge in [0.2, 0.25) is 0 Å². The lowest BCUT2D eigenvalue weighted by atomic mass is 10.0. The summed E-state index contributed by atoms with van der Waals surface area (Å²) < 4.78 is 0. The summed E-state index contributed by atoms with van der Waals surface area (Å²) in [5, 5.41) is 0.599. The first-order valence-corrected chi connectivity index (χ1v) is 5.84. The molecule has 0 saturated carbocycles. The van der Waals surface area contributed by atoms with Crippen LogP contribution in [0.2, 0.25) is 0 Å². The molecule has 1 aromatic carbocycles. The van der Waals surface area contributed by atoms with Crippen LogP contribution in [-0.2, 0) is 0 Å². The lowest BCUT2D eigenvalue weighted by Gasteiger charge is -2.04. The van der Waals surface area contributed by atoms with E-state index in [0.717, 1.165) is 5.69 Å². The molecule has 1 aromatic rings. The van der Waals surface area contributed by atoms with Crippen molar-refractivity contribution in [1.29, 1.82) is 0 Å². The highest BCUT2D eigenvalue weighted by molar-refractivity contribution is 14.0. The van der Waals surface area contributed by atoms with E-state index in [9.17, 15) is 0 Å². The Balaban J connectivity index is 0.00000196. The van der Waals surface area contributed by atoms with E-state index < -0.39 is 0 Å². The molecule has 15 heavy (non-hydrogen) atoms. The van der Waals surface area contributed by atoms with E-state index in [1.807, 2.05) is 18.4 Å². The number of amidine groups is 1. The summed E-state index contributed by atoms with van der Waals surface area (Å²) in [6.45, 7) is 4.35. The molecular formula is C11H17IN2S. The van der Waals surface area contributed by atoms with Crippen molar-refractivity contribution < 1.29 is 0 Å². The fourth-order valence-electron chi connectivity index (χ4n) is 1.11. The standard InChI is InChI=1S/C11H16N2S.HI/c1-8(2)9-4-6-10(7-5-9)13-11(12)14-3;/h4-8H,1-3H3,(H2,12,13);1H. The summed E-state index contributed by atoms with van der Waals surface area (Å²) in [4.78, 5) is 4.24. The number of rotatable bonds is 2. The van der Waals surface area contributed by atoms with Gasteiger partial charge in [-0.3, -0.25) is 0 Å². The van der Waals surface area contributed by atoms with Crippen LogP contribution in [0.1, 0.15) is 25.3 Å². The number of aliphatic imine (C=N–C) groups is 1. The summed E-state index contributed by atoms with van der Waals surface area (Å²) in [6, 6.07) is 8.19. The number of thioether (sulfide) groups is 1. The van der Waals surface area contributed by atoms with E-state index in [1.165, 1.54) is 17.3 Å². The van der Waals surface area contributed by atoms with Crippen LogP contribution in [0.25, 0.3) is 0 Å². The average molecular weight is 336 g/mol. The van der Waals surface area contributed by atoms with E-state index in [4.69, 9.17) is 5.73 Å². The molecule has 0 radical (unpaired) electrons. The Kier molecular flexibility index (Phi) is 7.00. The molecule has 0 unspecified atom stereocenters. The van der Waals surface area contributed by atoms with E-state index in [2.05, 4.69) is 31.0 Å². The molecule has 0 bridgehead atoms. The predicted molar refractivity (Wildman–Crippen MR) is 80.7 cm³/mol. The zero-order chi connectivity index (χ0) is 10.6. The van der Waals surface area contributed by atoms with Crippen LogP contribution in [0.15, 0.2) is 29.3 Å². The minimum absolute atomic E-state index is 0. The van der Waals surface area contributed by atoms with Gasteiger partial charge in [0.25, 0.3) is 0 Å². The lowest BCUT2D eigenvalue weighted by Crippen LogP contribution is -2.04. The third-order valence-electron chi connectivity index (χ3n) is 2.01. The van der Waals surface area contributed by atoms with Gasteiger partial charge in [0.15, 0.2) is 5.17 Å². The van der Waals surface area contributed by atoms with Gasteiger partial charge in [-0.1, -0.05) is 37.7 Å². The molecule has 0 aliphatic heterocycles. The molecular weight excluding hydrogens is 319 g/mol. The molecule has 2 N–H and O–H groups in total. The van der Waals surface area contributed by atoms with Crippen LogP contribution >= 0.6 is 35.7 Å². The molecule has 4 heteroatoms. The minimum atomic E-state index is 0. The smallest absolute Gasteiger partial charge is 0.158 e. The fourth-order valence-corrected chi connectivity index (χ4v) is 1.30. The van der Waals surface area contributed by atoms with Gasteiger partial charge in [-0.05, 0) is 29.9 Å². The van der Waals surface area contributed by atoms with Crippen LogP contribution in [0.5, 0.6) is 0 Å². The van der Waals surface area contributed by atoms with Crippen LogP contribution in [-0.4, -0.2) is 11.4 Å². The number of halogens is 1. The second-order valence-electron chi connectivity index (χ2n) is 3.40. The third-order valence-corrected chi connectivity index (χ3v) is 2.52. The van der Waals surface area contributed by atoms with Crippen molar-refractivity contribution in [3.8, 4) is 0 Å². The molecule has 0 aliphatic rings. The molecule has 0 aliphatic carbocycles. The first-order valence-electron chi connectivity index (χ1n) is 4.61. The van der Waals surface area contributed by atoms with Crippen LogP contribution in [0.3, 0.4) is 0 Å². The molecule has 0 amide bonds. The Bertz CT molecular complexity index is 320. The number of nitrogens with two attached hydrogens (primary N) is 1. The highest BCUT2D eigenvalue weighted by atomic mass is 127. The highest BCUT2D eigenvalue weighted by Crippen LogP contribution is 2.19. The molecule has 0 spiro atoms. The second kappa shape index (κ2) is 7.11. The summed E-state index contributed by atoms with van der Waals surface area (Å²) in [5.41, 5.74) is 7.86. The molecule has 0 heterocycles. The number of nitrogens with zero attached hydrogens (tertiary/aromatic N) is 1. The van der Waals surface area contributed by atoms with Crippen molar-refractivity contribution in [3.63, 3.8) is 0 Å². The third kappa shape index (κ3) is 4.88. The Hall–Kier alpha value is -0.230. The van der Waals surface area contributed by atoms with E-state index in [0.29, 0.717) is 11.1 Å². The maximum Gasteiger partial charge on any atom is 0.158 e. The summed E-state index contributed by atoms with van der Waals surface area (Å²) in [5.74, 6) is 0.561. The molecule has 0 saturated heterocycles. The number of hydrogen-bond acceptors (Lipinski definition) is 2. The molecule has 0 atom stereocenters. The van der Waals surface area contributed by atoms with Crippen LogP contribution in [0.4, 0.5) is 5.69 Å². The van der Waals surface area contributed by atoms with E-state index in [1.54, 1.807) is 0 Å². The zero-order valence-corrected chi connectivity index (χ0v) is 12.4. The summed E-state index contributed by atoms with van der Waals surface area (Å²) in [6.07, 6.45) is 1.92. The number of benzene rings is 1. The SMILES string of the molecule is CSC(N)=Nc1ccc(C(C)C)cc1.I. The molecule has 0 aromatic heterocycles. The largest absolute Gasteiger partial charge is 0.378 e. The second-order valence-corrected chi connectivity index (χ2v) is 4.23. The molecule has 0 fully saturated rings. The zero-order valence-electron chi connectivity index (χ0n) is 9.23. The van der Waals surface area contributed by atoms with Gasteiger partial charge in [-0.2, -0.15) is 0 Å². The molecule has 1 rings (SSSR count). The van der Waals surface area contributed by atoms with Gasteiger partial charge in [0.05, 0.1) is 5.69 Å². The quantitative estimate of drug-likeness (QED) is 0.508.